The van der Waals surface area contributed by atoms with Crippen molar-refractivity contribution in [1.29, 1.82) is 0 Å². The van der Waals surface area contributed by atoms with E-state index < -0.39 is 6.10 Å². The smallest absolute Gasteiger partial charge is 0.115 e. The third-order valence-electron chi connectivity index (χ3n) is 5.60. The van der Waals surface area contributed by atoms with Crippen molar-refractivity contribution in [2.45, 2.75) is 37.1 Å². The first kappa shape index (κ1) is 19.6. The molecule has 29 heavy (non-hydrogen) atoms. The molecular weight excluding hydrogens is 362 g/mol. The molecule has 0 radical (unpaired) electrons. The number of benzene rings is 3. The minimum absolute atomic E-state index is 0.0825. The monoisotopic (exact) mass is 389 g/mol. The van der Waals surface area contributed by atoms with Crippen molar-refractivity contribution in [1.82, 2.24) is 5.32 Å². The van der Waals surface area contributed by atoms with Gasteiger partial charge in [0.2, 0.25) is 0 Å². The standard InChI is InChI=1S/C25H27NO3/c27-21-13-7-8-18(14-21)16-26-22-17-29-24(15-23(22)28)25(19-9-3-1-4-10-19)20-11-5-2-6-12-20/h1-14,22-28H,15-17H2/t22-,23-,24+/m1/s1. The Hall–Kier alpha value is -2.66. The summed E-state index contributed by atoms with van der Waals surface area (Å²) in [5.41, 5.74) is 3.37. The zero-order valence-electron chi connectivity index (χ0n) is 16.3. The second kappa shape index (κ2) is 9.23. The van der Waals surface area contributed by atoms with Gasteiger partial charge in [-0.25, -0.2) is 0 Å². The number of aliphatic hydroxyl groups excluding tert-OH is 1. The number of hydrogen-bond donors (Lipinski definition) is 3. The lowest BCUT2D eigenvalue weighted by Gasteiger charge is -2.38. The predicted octanol–water partition coefficient (Wildman–Crippen LogP) is 3.83. The van der Waals surface area contributed by atoms with Crippen LogP contribution in [0.2, 0.25) is 0 Å². The summed E-state index contributed by atoms with van der Waals surface area (Å²) < 4.78 is 6.27. The molecule has 1 aliphatic heterocycles. The van der Waals surface area contributed by atoms with Gasteiger partial charge in [0.25, 0.3) is 0 Å². The van der Waals surface area contributed by atoms with E-state index in [1.807, 2.05) is 48.5 Å². The quantitative estimate of drug-likeness (QED) is 0.600. The van der Waals surface area contributed by atoms with Crippen LogP contribution >= 0.6 is 0 Å². The second-order valence-electron chi connectivity index (χ2n) is 7.63. The van der Waals surface area contributed by atoms with Gasteiger partial charge in [-0.2, -0.15) is 0 Å². The molecule has 4 heteroatoms. The SMILES string of the molecule is Oc1cccc(CN[C@@H]2CO[C@H](C(c3ccccc3)c3ccccc3)C[C@H]2O)c1. The molecule has 0 spiro atoms. The molecule has 1 heterocycles. The van der Waals surface area contributed by atoms with Crippen molar-refractivity contribution in [2.24, 2.45) is 0 Å². The molecular formula is C25H27NO3. The molecule has 1 saturated heterocycles. The molecule has 4 nitrogen and oxygen atoms in total. The van der Waals surface area contributed by atoms with Gasteiger partial charge in [0.1, 0.15) is 5.75 Å². The number of ether oxygens (including phenoxy) is 1. The highest BCUT2D eigenvalue weighted by atomic mass is 16.5. The Morgan fingerprint density at radius 3 is 2.14 bits per heavy atom. The number of aromatic hydroxyl groups is 1. The normalized spacial score (nSPS) is 21.9. The molecule has 0 aromatic heterocycles. The lowest BCUT2D eigenvalue weighted by molar-refractivity contribution is -0.0718. The fourth-order valence-electron chi connectivity index (χ4n) is 4.09. The highest BCUT2D eigenvalue weighted by Crippen LogP contribution is 2.34. The van der Waals surface area contributed by atoms with Gasteiger partial charge in [0, 0.05) is 18.9 Å². The molecule has 3 aromatic carbocycles. The van der Waals surface area contributed by atoms with Gasteiger partial charge >= 0.3 is 0 Å². The van der Waals surface area contributed by atoms with Gasteiger partial charge in [-0.05, 0) is 28.8 Å². The van der Waals surface area contributed by atoms with Crippen LogP contribution in [0.4, 0.5) is 0 Å². The van der Waals surface area contributed by atoms with Crippen molar-refractivity contribution in [3.63, 3.8) is 0 Å². The largest absolute Gasteiger partial charge is 0.508 e. The fourth-order valence-corrected chi connectivity index (χ4v) is 4.09. The summed E-state index contributed by atoms with van der Waals surface area (Å²) in [5.74, 6) is 0.331. The number of nitrogens with one attached hydrogen (secondary N) is 1. The van der Waals surface area contributed by atoms with Gasteiger partial charge in [0.15, 0.2) is 0 Å². The average molecular weight is 389 g/mol. The van der Waals surface area contributed by atoms with Crippen molar-refractivity contribution in [3.8, 4) is 5.75 Å². The minimum atomic E-state index is -0.499. The Bertz CT molecular complexity index is 861. The molecule has 1 aliphatic rings. The lowest BCUT2D eigenvalue weighted by atomic mass is 9.82. The molecule has 3 aromatic rings. The Balaban J connectivity index is 1.45. The summed E-state index contributed by atoms with van der Waals surface area (Å²) in [7, 11) is 0. The van der Waals surface area contributed by atoms with Gasteiger partial charge in [-0.3, -0.25) is 0 Å². The summed E-state index contributed by atoms with van der Waals surface area (Å²) in [6, 6.07) is 27.7. The fraction of sp³-hybridized carbons (Fsp3) is 0.280. The molecule has 1 fully saturated rings. The molecule has 3 N–H and O–H groups in total. The van der Waals surface area contributed by atoms with Crippen LogP contribution in [-0.4, -0.2) is 35.1 Å². The van der Waals surface area contributed by atoms with E-state index in [2.05, 4.69) is 29.6 Å². The van der Waals surface area contributed by atoms with Crippen LogP contribution in [0.3, 0.4) is 0 Å². The molecule has 3 atom stereocenters. The van der Waals surface area contributed by atoms with Crippen LogP contribution in [-0.2, 0) is 11.3 Å². The molecule has 0 saturated carbocycles. The maximum absolute atomic E-state index is 10.8. The Morgan fingerprint density at radius 2 is 1.55 bits per heavy atom. The van der Waals surface area contributed by atoms with Crippen LogP contribution in [0.5, 0.6) is 5.75 Å². The van der Waals surface area contributed by atoms with Crippen molar-refractivity contribution >= 4 is 0 Å². The van der Waals surface area contributed by atoms with E-state index in [0.29, 0.717) is 19.6 Å². The summed E-state index contributed by atoms with van der Waals surface area (Å²) in [4.78, 5) is 0. The Kier molecular flexibility index (Phi) is 6.25. The average Bonchev–Trinajstić information content (AvgIpc) is 2.75. The minimum Gasteiger partial charge on any atom is -0.508 e. The van der Waals surface area contributed by atoms with Crippen LogP contribution in [0.15, 0.2) is 84.9 Å². The predicted molar refractivity (Wildman–Crippen MR) is 114 cm³/mol. The van der Waals surface area contributed by atoms with E-state index >= 15 is 0 Å². The summed E-state index contributed by atoms with van der Waals surface area (Å²) in [6.07, 6.45) is -0.0267. The summed E-state index contributed by atoms with van der Waals surface area (Å²) >= 11 is 0. The van der Waals surface area contributed by atoms with Gasteiger partial charge < -0.3 is 20.3 Å². The van der Waals surface area contributed by atoms with Gasteiger partial charge in [-0.15, -0.1) is 0 Å². The van der Waals surface area contributed by atoms with Crippen molar-refractivity contribution in [3.05, 3.63) is 102 Å². The maximum atomic E-state index is 10.8. The topological polar surface area (TPSA) is 61.7 Å². The van der Waals surface area contributed by atoms with Crippen LogP contribution < -0.4 is 5.32 Å². The number of hydrogen-bond acceptors (Lipinski definition) is 4. The van der Waals surface area contributed by atoms with Gasteiger partial charge in [-0.1, -0.05) is 72.8 Å². The molecule has 4 rings (SSSR count). The molecule has 0 aliphatic carbocycles. The highest BCUT2D eigenvalue weighted by Gasteiger charge is 2.35. The van der Waals surface area contributed by atoms with Crippen LogP contribution in [0.1, 0.15) is 29.0 Å². The third kappa shape index (κ3) is 4.85. The first-order valence-electron chi connectivity index (χ1n) is 10.1. The first-order chi connectivity index (χ1) is 14.2. The summed E-state index contributed by atoms with van der Waals surface area (Å²) in [6.45, 7) is 1.02. The second-order valence-corrected chi connectivity index (χ2v) is 7.63. The van der Waals surface area contributed by atoms with E-state index in [0.717, 1.165) is 5.56 Å². The Morgan fingerprint density at radius 1 is 0.897 bits per heavy atom. The highest BCUT2D eigenvalue weighted by molar-refractivity contribution is 5.34. The molecule has 0 bridgehead atoms. The third-order valence-corrected chi connectivity index (χ3v) is 5.60. The van der Waals surface area contributed by atoms with E-state index in [-0.39, 0.29) is 23.8 Å². The number of phenolic OH excluding ortho intramolecular Hbond substituents is 1. The molecule has 0 amide bonds. The van der Waals surface area contributed by atoms with E-state index in [4.69, 9.17) is 4.74 Å². The van der Waals surface area contributed by atoms with Gasteiger partial charge in [0.05, 0.1) is 24.9 Å². The molecule has 0 unspecified atom stereocenters. The number of rotatable bonds is 6. The zero-order chi connectivity index (χ0) is 20.1. The van der Waals surface area contributed by atoms with Crippen molar-refractivity contribution in [2.75, 3.05) is 6.61 Å². The number of aliphatic hydroxyl groups is 1. The van der Waals surface area contributed by atoms with E-state index in [9.17, 15) is 10.2 Å². The summed E-state index contributed by atoms with van der Waals surface area (Å²) in [5, 5.41) is 23.8. The Labute approximate surface area is 171 Å². The van der Waals surface area contributed by atoms with Crippen LogP contribution in [0.25, 0.3) is 0 Å². The molecule has 150 valence electrons. The van der Waals surface area contributed by atoms with E-state index in [1.165, 1.54) is 11.1 Å². The van der Waals surface area contributed by atoms with Crippen LogP contribution in [0, 0.1) is 0 Å². The first-order valence-corrected chi connectivity index (χ1v) is 10.1. The van der Waals surface area contributed by atoms with Crippen molar-refractivity contribution < 1.29 is 14.9 Å². The maximum Gasteiger partial charge on any atom is 0.115 e. The lowest BCUT2D eigenvalue weighted by Crippen LogP contribution is -2.50. The number of phenols is 1. The zero-order valence-corrected chi connectivity index (χ0v) is 16.3. The van der Waals surface area contributed by atoms with E-state index in [1.54, 1.807) is 12.1 Å².